The van der Waals surface area contributed by atoms with Crippen molar-refractivity contribution in [2.45, 2.75) is 37.5 Å². The van der Waals surface area contributed by atoms with Crippen LogP contribution in [0.3, 0.4) is 0 Å². The van der Waals surface area contributed by atoms with Crippen molar-refractivity contribution in [3.8, 4) is 0 Å². The molecule has 29 heavy (non-hydrogen) atoms. The monoisotopic (exact) mass is 412 g/mol. The van der Waals surface area contributed by atoms with Gasteiger partial charge in [0, 0.05) is 35.8 Å². The molecule has 0 radical (unpaired) electrons. The molecule has 1 aromatic carbocycles. The molecule has 154 valence electrons. The van der Waals surface area contributed by atoms with Crippen molar-refractivity contribution < 1.29 is 14.7 Å². The molecule has 3 aliphatic rings. The van der Waals surface area contributed by atoms with E-state index in [0.29, 0.717) is 0 Å². The molecule has 1 amide bonds. The highest BCUT2D eigenvalue weighted by atomic mass is 32.2. The highest BCUT2D eigenvalue weighted by molar-refractivity contribution is 7.99. The van der Waals surface area contributed by atoms with E-state index in [1.807, 2.05) is 30.0 Å². The lowest BCUT2D eigenvalue weighted by molar-refractivity contribution is -0.141. The van der Waals surface area contributed by atoms with Crippen LogP contribution in [0.2, 0.25) is 0 Å². The Bertz CT molecular complexity index is 858. The van der Waals surface area contributed by atoms with Gasteiger partial charge in [0.2, 0.25) is 0 Å². The second kappa shape index (κ2) is 8.66. The minimum Gasteiger partial charge on any atom is -0.481 e. The van der Waals surface area contributed by atoms with Crippen LogP contribution in [0.1, 0.15) is 43.0 Å². The number of anilines is 1. The number of aliphatic carboxylic acids is 1. The van der Waals surface area contributed by atoms with Crippen LogP contribution in [-0.2, 0) is 4.79 Å². The number of rotatable bonds is 3. The van der Waals surface area contributed by atoms with Gasteiger partial charge in [-0.3, -0.25) is 9.59 Å². The van der Waals surface area contributed by atoms with Gasteiger partial charge in [-0.15, -0.1) is 11.8 Å². The minimum atomic E-state index is -0.781. The first-order valence-corrected chi connectivity index (χ1v) is 11.5. The predicted octanol–water partition coefficient (Wildman–Crippen LogP) is 4.41. The third kappa shape index (κ3) is 4.22. The van der Waals surface area contributed by atoms with Gasteiger partial charge >= 0.3 is 5.97 Å². The largest absolute Gasteiger partial charge is 0.481 e. The highest BCUT2D eigenvalue weighted by Gasteiger charge is 2.27. The zero-order valence-electron chi connectivity index (χ0n) is 16.8. The molecule has 1 aromatic rings. The summed E-state index contributed by atoms with van der Waals surface area (Å²) in [7, 11) is 0. The van der Waals surface area contributed by atoms with E-state index in [1.54, 1.807) is 17.8 Å². The lowest BCUT2D eigenvalue weighted by atomic mass is 9.88. The first-order chi connectivity index (χ1) is 14.0. The number of nitrogens with zero attached hydrogens (tertiary/aromatic N) is 2. The van der Waals surface area contributed by atoms with Crippen molar-refractivity contribution in [2.75, 3.05) is 30.3 Å². The second-order valence-corrected chi connectivity index (χ2v) is 9.20. The van der Waals surface area contributed by atoms with Crippen molar-refractivity contribution >= 4 is 29.3 Å². The number of piperidine rings is 1. The van der Waals surface area contributed by atoms with Gasteiger partial charge in [-0.1, -0.05) is 19.1 Å². The molecular weight excluding hydrogens is 384 g/mol. The van der Waals surface area contributed by atoms with Crippen LogP contribution in [0.5, 0.6) is 0 Å². The highest BCUT2D eigenvalue weighted by Crippen LogP contribution is 2.38. The summed E-state index contributed by atoms with van der Waals surface area (Å²) >= 11 is 1.80. The Morgan fingerprint density at radius 1 is 1.10 bits per heavy atom. The Morgan fingerprint density at radius 3 is 2.62 bits per heavy atom. The first kappa shape index (κ1) is 20.1. The SMILES string of the molecule is CC1C=C(N2CCCSc3cc(C(=O)N4CCCCC4)ccc32)C=CC1C(=O)O. The van der Waals surface area contributed by atoms with Crippen LogP contribution in [-0.4, -0.2) is 47.3 Å². The van der Waals surface area contributed by atoms with Crippen molar-refractivity contribution in [1.29, 1.82) is 0 Å². The molecule has 1 fully saturated rings. The molecule has 4 rings (SSSR count). The molecule has 2 unspecified atom stereocenters. The fourth-order valence-electron chi connectivity index (χ4n) is 4.35. The fourth-order valence-corrected chi connectivity index (χ4v) is 5.38. The van der Waals surface area contributed by atoms with Gasteiger partial charge in [-0.05, 0) is 61.6 Å². The summed E-state index contributed by atoms with van der Waals surface area (Å²) in [5.41, 5.74) is 2.93. The first-order valence-electron chi connectivity index (χ1n) is 10.5. The predicted molar refractivity (Wildman–Crippen MR) is 116 cm³/mol. The van der Waals surface area contributed by atoms with E-state index >= 15 is 0 Å². The summed E-state index contributed by atoms with van der Waals surface area (Å²) in [6.07, 6.45) is 10.2. The maximum atomic E-state index is 12.9. The number of benzene rings is 1. The summed E-state index contributed by atoms with van der Waals surface area (Å²) in [5.74, 6) is -0.152. The fraction of sp³-hybridized carbons (Fsp3) is 0.478. The van der Waals surface area contributed by atoms with Crippen molar-refractivity contribution in [3.63, 3.8) is 0 Å². The summed E-state index contributed by atoms with van der Waals surface area (Å²) in [4.78, 5) is 29.7. The molecular formula is C23H28N2O3S. The van der Waals surface area contributed by atoms with Gasteiger partial charge in [-0.2, -0.15) is 0 Å². The minimum absolute atomic E-state index is 0.0493. The summed E-state index contributed by atoms with van der Waals surface area (Å²) < 4.78 is 0. The lowest BCUT2D eigenvalue weighted by Crippen LogP contribution is -2.35. The third-order valence-electron chi connectivity index (χ3n) is 6.00. The van der Waals surface area contributed by atoms with E-state index < -0.39 is 11.9 Å². The number of thioether (sulfide) groups is 1. The van der Waals surface area contributed by atoms with Gasteiger partial charge in [0.15, 0.2) is 0 Å². The quantitative estimate of drug-likeness (QED) is 0.797. The summed E-state index contributed by atoms with van der Waals surface area (Å²) in [5, 5.41) is 9.36. The number of amides is 1. The molecule has 2 heterocycles. The summed E-state index contributed by atoms with van der Waals surface area (Å²) in [6, 6.07) is 6.06. The molecule has 2 atom stereocenters. The number of carbonyl (C=O) groups excluding carboxylic acids is 1. The number of carboxylic acids is 1. The Kier molecular flexibility index (Phi) is 5.99. The Hall–Kier alpha value is -2.21. The maximum Gasteiger partial charge on any atom is 0.310 e. The van der Waals surface area contributed by atoms with Gasteiger partial charge in [0.1, 0.15) is 0 Å². The van der Waals surface area contributed by atoms with E-state index in [2.05, 4.69) is 17.0 Å². The molecule has 1 saturated heterocycles. The van der Waals surface area contributed by atoms with E-state index in [4.69, 9.17) is 0 Å². The maximum absolute atomic E-state index is 12.9. The van der Waals surface area contributed by atoms with Crippen molar-refractivity contribution in [3.05, 3.63) is 47.7 Å². The Labute approximate surface area is 176 Å². The van der Waals surface area contributed by atoms with E-state index in [-0.39, 0.29) is 11.8 Å². The van der Waals surface area contributed by atoms with E-state index in [1.165, 1.54) is 6.42 Å². The standard InChI is InChI=1S/C23H28N2O3S/c1-16-14-18(7-8-19(16)23(27)28)25-12-5-13-29-21-15-17(6-9-20(21)25)22(26)24-10-3-2-4-11-24/h6-9,14-16,19H,2-5,10-13H2,1H3,(H,27,28). The molecule has 0 saturated carbocycles. The lowest BCUT2D eigenvalue weighted by Gasteiger charge is -2.30. The number of fused-ring (bicyclic) bond motifs is 1. The van der Waals surface area contributed by atoms with E-state index in [9.17, 15) is 14.7 Å². The Morgan fingerprint density at radius 2 is 1.90 bits per heavy atom. The zero-order valence-corrected chi connectivity index (χ0v) is 17.7. The van der Waals surface area contributed by atoms with Crippen LogP contribution in [0.25, 0.3) is 0 Å². The number of likely N-dealkylation sites (tertiary alicyclic amines) is 1. The second-order valence-electron chi connectivity index (χ2n) is 8.06. The van der Waals surface area contributed by atoms with Crippen LogP contribution in [0.4, 0.5) is 5.69 Å². The number of allylic oxidation sites excluding steroid dienone is 2. The molecule has 1 aliphatic carbocycles. The van der Waals surface area contributed by atoms with Crippen LogP contribution in [0, 0.1) is 11.8 Å². The Balaban J connectivity index is 1.60. The number of hydrogen-bond donors (Lipinski definition) is 1. The number of carbonyl (C=O) groups is 2. The molecule has 5 nitrogen and oxygen atoms in total. The topological polar surface area (TPSA) is 60.9 Å². The van der Waals surface area contributed by atoms with Gasteiger partial charge in [-0.25, -0.2) is 0 Å². The van der Waals surface area contributed by atoms with Gasteiger partial charge < -0.3 is 14.9 Å². The van der Waals surface area contributed by atoms with Gasteiger partial charge in [0.05, 0.1) is 11.6 Å². The van der Waals surface area contributed by atoms with Crippen LogP contribution < -0.4 is 4.90 Å². The van der Waals surface area contributed by atoms with E-state index in [0.717, 1.165) is 66.5 Å². The normalized spacial score (nSPS) is 24.5. The summed E-state index contributed by atoms with van der Waals surface area (Å²) in [6.45, 7) is 4.56. The molecule has 6 heteroatoms. The molecule has 0 bridgehead atoms. The smallest absolute Gasteiger partial charge is 0.310 e. The molecule has 2 aliphatic heterocycles. The van der Waals surface area contributed by atoms with Gasteiger partial charge in [0.25, 0.3) is 5.91 Å². The average molecular weight is 413 g/mol. The molecule has 0 spiro atoms. The average Bonchev–Trinajstić information content (AvgIpc) is 2.95. The van der Waals surface area contributed by atoms with Crippen LogP contribution in [0.15, 0.2) is 47.0 Å². The van der Waals surface area contributed by atoms with Crippen molar-refractivity contribution in [1.82, 2.24) is 4.90 Å². The van der Waals surface area contributed by atoms with Crippen molar-refractivity contribution in [2.24, 2.45) is 11.8 Å². The number of hydrogen-bond acceptors (Lipinski definition) is 4. The zero-order chi connectivity index (χ0) is 20.4. The van der Waals surface area contributed by atoms with Crippen LogP contribution >= 0.6 is 11.8 Å². The molecule has 1 N–H and O–H groups in total. The molecule has 0 aromatic heterocycles. The third-order valence-corrected chi connectivity index (χ3v) is 7.13. The number of carboxylic acid groups (broad SMARTS) is 1.